The first kappa shape index (κ1) is 4.36. The Labute approximate surface area is 50.2 Å². The van der Waals surface area contributed by atoms with Gasteiger partial charge >= 0.3 is 5.97 Å². The largest absolute Gasteiger partial charge is 0.465 e. The van der Waals surface area contributed by atoms with Crippen molar-refractivity contribution < 1.29 is 10.9 Å². The Morgan fingerprint density at radius 2 is 2.88 bits per heavy atom. The van der Waals surface area contributed by atoms with Crippen LogP contribution in [0.25, 0.3) is 0 Å². The lowest BCUT2D eigenvalue weighted by molar-refractivity contribution is -0.141. The van der Waals surface area contributed by atoms with Crippen molar-refractivity contribution in [1.29, 1.82) is 0 Å². The minimum Gasteiger partial charge on any atom is -0.465 e. The average Bonchev–Trinajstić information content (AvgIpc) is 2.12. The van der Waals surface area contributed by atoms with E-state index in [4.69, 9.17) is 1.37 Å². The fourth-order valence-electron chi connectivity index (χ4n) is 0.783. The predicted molar refractivity (Wildman–Crippen MR) is 29.4 cm³/mol. The third kappa shape index (κ3) is 0.831. The molecule has 0 saturated carbocycles. The first-order valence-corrected chi connectivity index (χ1v) is 2.84. The van der Waals surface area contributed by atoms with Gasteiger partial charge < -0.3 is 4.74 Å². The molecule has 1 fully saturated rings. The maximum Gasteiger partial charge on any atom is 0.309 e. The van der Waals surface area contributed by atoms with Crippen molar-refractivity contribution in [2.45, 2.75) is 19.7 Å². The van der Waals surface area contributed by atoms with Crippen molar-refractivity contribution in [3.05, 3.63) is 0 Å². The second-order valence-corrected chi connectivity index (χ2v) is 1.88. The molecule has 0 amide bonds. The van der Waals surface area contributed by atoms with Gasteiger partial charge in [-0.2, -0.15) is 0 Å². The molecule has 2 heteroatoms. The summed E-state index contributed by atoms with van der Waals surface area (Å²) in [7, 11) is 0. The molecule has 1 saturated heterocycles. The molecule has 1 aliphatic rings. The average molecular weight is 115 g/mol. The number of hydrogen-bond donors (Lipinski definition) is 0. The van der Waals surface area contributed by atoms with Gasteiger partial charge in [-0.25, -0.2) is 0 Å². The second kappa shape index (κ2) is 2.16. The van der Waals surface area contributed by atoms with E-state index in [2.05, 4.69) is 4.74 Å². The lowest BCUT2D eigenvalue weighted by atomic mass is 10.1. The minimum absolute atomic E-state index is 0.162. The van der Waals surface area contributed by atoms with Crippen LogP contribution in [0.5, 0.6) is 0 Å². The molecule has 0 bridgehead atoms. The predicted octanol–water partition coefficient (Wildman–Crippen LogP) is 0.960. The Hall–Kier alpha value is -0.530. The van der Waals surface area contributed by atoms with Crippen molar-refractivity contribution in [1.82, 2.24) is 0 Å². The Kier molecular flexibility index (Phi) is 1.18. The van der Waals surface area contributed by atoms with E-state index in [1.165, 1.54) is 0 Å². The van der Waals surface area contributed by atoms with Crippen LogP contribution in [0, 0.1) is 5.92 Å². The van der Waals surface area contributed by atoms with E-state index in [0.29, 0.717) is 0 Å². The standard InChI is InChI=1S/C6H10O2/c1-2-5-3-4-8-6(5)7/h5H,2-4H2,1H3/t5-/m0/s1/i3D/t3-,5+/m1. The maximum atomic E-state index is 10.7. The highest BCUT2D eigenvalue weighted by atomic mass is 16.5. The second-order valence-electron chi connectivity index (χ2n) is 1.88. The van der Waals surface area contributed by atoms with Crippen LogP contribution in [0.15, 0.2) is 0 Å². The van der Waals surface area contributed by atoms with Gasteiger partial charge in [-0.3, -0.25) is 4.79 Å². The fourth-order valence-corrected chi connectivity index (χ4v) is 0.783. The highest BCUT2D eigenvalue weighted by Crippen LogP contribution is 2.16. The van der Waals surface area contributed by atoms with E-state index >= 15 is 0 Å². The van der Waals surface area contributed by atoms with Crippen LogP contribution in [-0.4, -0.2) is 12.6 Å². The summed E-state index contributed by atoms with van der Waals surface area (Å²) in [6.07, 6.45) is 0.412. The third-order valence-electron chi connectivity index (χ3n) is 1.35. The van der Waals surface area contributed by atoms with E-state index in [1.807, 2.05) is 6.92 Å². The van der Waals surface area contributed by atoms with E-state index < -0.39 is 0 Å². The van der Waals surface area contributed by atoms with Gasteiger partial charge in [0.2, 0.25) is 0 Å². The zero-order valence-corrected chi connectivity index (χ0v) is 4.89. The molecular weight excluding hydrogens is 104 g/mol. The normalized spacial score (nSPS) is 39.1. The van der Waals surface area contributed by atoms with Crippen molar-refractivity contribution in [3.8, 4) is 0 Å². The molecule has 0 unspecified atom stereocenters. The molecule has 0 aromatic heterocycles. The molecule has 1 heterocycles. The molecule has 1 aliphatic heterocycles. The molecule has 46 valence electrons. The Morgan fingerprint density at radius 1 is 2.12 bits per heavy atom. The van der Waals surface area contributed by atoms with E-state index in [1.54, 1.807) is 0 Å². The summed E-state index contributed by atoms with van der Waals surface area (Å²) in [5.41, 5.74) is 0. The molecule has 0 aromatic carbocycles. The number of ether oxygens (including phenoxy) is 1. The Bertz CT molecular complexity index is 124. The molecule has 8 heavy (non-hydrogen) atoms. The quantitative estimate of drug-likeness (QED) is 0.476. The number of cyclic esters (lactones) is 1. The summed E-state index contributed by atoms with van der Waals surface area (Å²) < 4.78 is 11.9. The van der Waals surface area contributed by atoms with Crippen LogP contribution in [-0.2, 0) is 9.53 Å². The van der Waals surface area contributed by atoms with Gasteiger partial charge in [-0.05, 0) is 12.8 Å². The van der Waals surface area contributed by atoms with Crippen molar-refractivity contribution in [2.75, 3.05) is 6.61 Å². The molecule has 2 nitrogen and oxygen atoms in total. The zero-order chi connectivity index (χ0) is 6.85. The topological polar surface area (TPSA) is 26.3 Å². The number of hydrogen-bond acceptors (Lipinski definition) is 2. The summed E-state index contributed by atoms with van der Waals surface area (Å²) in [6, 6.07) is 0. The van der Waals surface area contributed by atoms with Crippen LogP contribution in [0.1, 0.15) is 21.1 Å². The van der Waals surface area contributed by atoms with Gasteiger partial charge in [0.1, 0.15) is 0 Å². The minimum atomic E-state index is -0.317. The lowest BCUT2D eigenvalue weighted by Gasteiger charge is -1.95. The molecule has 2 atom stereocenters. The first-order valence-electron chi connectivity index (χ1n) is 3.42. The molecule has 0 radical (unpaired) electrons. The molecule has 1 rings (SSSR count). The molecule has 0 N–H and O–H groups in total. The van der Waals surface area contributed by atoms with Gasteiger partial charge in [0, 0.05) is 1.37 Å². The van der Waals surface area contributed by atoms with Crippen molar-refractivity contribution in [3.63, 3.8) is 0 Å². The number of rotatable bonds is 1. The number of carbonyl (C=O) groups is 1. The lowest BCUT2D eigenvalue weighted by Crippen LogP contribution is -2.04. The number of carbonyl (C=O) groups excluding carboxylic acids is 1. The smallest absolute Gasteiger partial charge is 0.309 e. The van der Waals surface area contributed by atoms with Gasteiger partial charge in [-0.1, -0.05) is 6.92 Å². The summed E-state index contributed by atoms with van der Waals surface area (Å²) in [4.78, 5) is 10.7. The van der Waals surface area contributed by atoms with Gasteiger partial charge in [-0.15, -0.1) is 0 Å². The molecule has 0 aromatic rings. The van der Waals surface area contributed by atoms with Crippen LogP contribution in [0.3, 0.4) is 0 Å². The monoisotopic (exact) mass is 115 g/mol. The first-order chi connectivity index (χ1) is 4.25. The Morgan fingerprint density at radius 3 is 3.12 bits per heavy atom. The van der Waals surface area contributed by atoms with Crippen molar-refractivity contribution in [2.24, 2.45) is 5.92 Å². The van der Waals surface area contributed by atoms with Crippen LogP contribution in [0.4, 0.5) is 0 Å². The van der Waals surface area contributed by atoms with E-state index in [-0.39, 0.29) is 24.9 Å². The Balaban J connectivity index is 2.55. The van der Waals surface area contributed by atoms with E-state index in [0.717, 1.165) is 6.42 Å². The number of esters is 1. The van der Waals surface area contributed by atoms with Crippen LogP contribution < -0.4 is 0 Å². The van der Waals surface area contributed by atoms with Crippen LogP contribution in [0.2, 0.25) is 0 Å². The zero-order valence-electron chi connectivity index (χ0n) is 5.89. The van der Waals surface area contributed by atoms with Gasteiger partial charge in [0.25, 0.3) is 0 Å². The highest BCUT2D eigenvalue weighted by molar-refractivity contribution is 5.73. The molecular formula is C6H10O2. The van der Waals surface area contributed by atoms with E-state index in [9.17, 15) is 4.79 Å². The van der Waals surface area contributed by atoms with Gasteiger partial charge in [0.05, 0.1) is 12.5 Å². The maximum absolute atomic E-state index is 10.7. The highest BCUT2D eigenvalue weighted by Gasteiger charge is 2.23. The summed E-state index contributed by atoms with van der Waals surface area (Å²) in [6.45, 7) is 2.19. The molecule has 0 spiro atoms. The summed E-state index contributed by atoms with van der Waals surface area (Å²) in [5, 5.41) is 0. The summed E-state index contributed by atoms with van der Waals surface area (Å²) >= 11 is 0. The van der Waals surface area contributed by atoms with Gasteiger partial charge in [0.15, 0.2) is 0 Å². The third-order valence-corrected chi connectivity index (χ3v) is 1.35. The molecule has 0 aliphatic carbocycles. The van der Waals surface area contributed by atoms with Crippen LogP contribution >= 0.6 is 0 Å². The summed E-state index contributed by atoms with van der Waals surface area (Å²) in [5.74, 6) is -0.359. The van der Waals surface area contributed by atoms with Crippen molar-refractivity contribution >= 4 is 5.97 Å². The fraction of sp³-hybridized carbons (Fsp3) is 0.833. The SMILES string of the molecule is [2H][C@@H]1COC(=O)[C@H]1CC.